The molecule has 0 atom stereocenters. The number of phenolic OH excluding ortho intramolecular Hbond substituents is 1. The number of phenols is 1. The van der Waals surface area contributed by atoms with Crippen molar-refractivity contribution in [2.75, 3.05) is 0 Å². The van der Waals surface area contributed by atoms with Crippen LogP contribution in [0.3, 0.4) is 0 Å². The van der Waals surface area contributed by atoms with Gasteiger partial charge in [0, 0.05) is 5.39 Å². The third kappa shape index (κ3) is 1.77. The maximum Gasteiger partial charge on any atom is 0.357 e. The van der Waals surface area contributed by atoms with Gasteiger partial charge in [0.1, 0.15) is 11.3 Å². The molecule has 6 nitrogen and oxygen atoms in total. The highest BCUT2D eigenvalue weighted by atomic mass is 32.2. The fourth-order valence-electron chi connectivity index (χ4n) is 1.27. The summed E-state index contributed by atoms with van der Waals surface area (Å²) in [6.07, 6.45) is 0. The minimum Gasteiger partial charge on any atom is -0.508 e. The molecule has 0 bridgehead atoms. The Balaban J connectivity index is 2.90. The van der Waals surface area contributed by atoms with E-state index in [0.717, 1.165) is 6.07 Å². The summed E-state index contributed by atoms with van der Waals surface area (Å²) in [7, 11) is -4.63. The quantitative estimate of drug-likeness (QED) is 0.564. The van der Waals surface area contributed by atoms with Crippen molar-refractivity contribution >= 4 is 21.1 Å². The van der Waals surface area contributed by atoms with Gasteiger partial charge in [-0.15, -0.1) is 0 Å². The van der Waals surface area contributed by atoms with Crippen molar-refractivity contribution < 1.29 is 22.5 Å². The zero-order valence-electron chi connectivity index (χ0n) is 7.75. The predicted molar refractivity (Wildman–Crippen MR) is 54.0 cm³/mol. The summed E-state index contributed by atoms with van der Waals surface area (Å²) >= 11 is 0. The van der Waals surface area contributed by atoms with Crippen molar-refractivity contribution in [3.8, 4) is 5.75 Å². The SMILES string of the molecule is O=c1oc2ccc(O)cc2cc1S(=O)(=O)O. The summed E-state index contributed by atoms with van der Waals surface area (Å²) in [6.45, 7) is 0. The number of rotatable bonds is 1. The van der Waals surface area contributed by atoms with Crippen molar-refractivity contribution in [2.24, 2.45) is 0 Å². The normalized spacial score (nSPS) is 11.8. The van der Waals surface area contributed by atoms with Crippen LogP contribution < -0.4 is 5.63 Å². The van der Waals surface area contributed by atoms with Crippen LogP contribution >= 0.6 is 0 Å². The first-order valence-electron chi connectivity index (χ1n) is 4.12. The molecule has 1 aromatic carbocycles. The number of hydrogen-bond acceptors (Lipinski definition) is 5. The number of fused-ring (bicyclic) bond motifs is 1. The van der Waals surface area contributed by atoms with Crippen LogP contribution in [0.15, 0.2) is 38.4 Å². The summed E-state index contributed by atoms with van der Waals surface area (Å²) in [5.74, 6) is -0.109. The van der Waals surface area contributed by atoms with E-state index in [9.17, 15) is 13.2 Å². The Morgan fingerprint density at radius 2 is 1.88 bits per heavy atom. The topological polar surface area (TPSA) is 105 Å². The van der Waals surface area contributed by atoms with Gasteiger partial charge in [0.15, 0.2) is 4.90 Å². The zero-order chi connectivity index (χ0) is 11.9. The molecule has 0 saturated carbocycles. The second-order valence-electron chi connectivity index (χ2n) is 3.10. The van der Waals surface area contributed by atoms with Crippen molar-refractivity contribution in [1.29, 1.82) is 0 Å². The van der Waals surface area contributed by atoms with Crippen LogP contribution in [-0.2, 0) is 10.1 Å². The lowest BCUT2D eigenvalue weighted by Gasteiger charge is -1.99. The minimum atomic E-state index is -4.63. The third-order valence-corrected chi connectivity index (χ3v) is 2.80. The second kappa shape index (κ2) is 3.32. The Kier molecular flexibility index (Phi) is 2.21. The molecule has 0 radical (unpaired) electrons. The molecule has 0 aliphatic carbocycles. The molecule has 16 heavy (non-hydrogen) atoms. The van der Waals surface area contributed by atoms with Crippen molar-refractivity contribution in [2.45, 2.75) is 4.90 Å². The lowest BCUT2D eigenvalue weighted by Crippen LogP contribution is -2.12. The van der Waals surface area contributed by atoms with Gasteiger partial charge < -0.3 is 9.52 Å². The van der Waals surface area contributed by atoms with Crippen molar-refractivity contribution in [3.63, 3.8) is 0 Å². The molecule has 1 aromatic heterocycles. The lowest BCUT2D eigenvalue weighted by atomic mass is 10.2. The van der Waals surface area contributed by atoms with E-state index < -0.39 is 20.6 Å². The van der Waals surface area contributed by atoms with Gasteiger partial charge in [-0.1, -0.05) is 0 Å². The molecule has 0 amide bonds. The molecular formula is C9H6O6S. The van der Waals surface area contributed by atoms with E-state index in [1.54, 1.807) is 0 Å². The van der Waals surface area contributed by atoms with Crippen LogP contribution in [0.4, 0.5) is 0 Å². The lowest BCUT2D eigenvalue weighted by molar-refractivity contribution is 0.467. The Morgan fingerprint density at radius 1 is 1.19 bits per heavy atom. The highest BCUT2D eigenvalue weighted by Crippen LogP contribution is 2.20. The minimum absolute atomic E-state index is 0.109. The van der Waals surface area contributed by atoms with Gasteiger partial charge in [-0.05, 0) is 24.3 Å². The Labute approximate surface area is 89.5 Å². The summed E-state index contributed by atoms with van der Waals surface area (Å²) in [5, 5.41) is 9.36. The van der Waals surface area contributed by atoms with Gasteiger partial charge >= 0.3 is 15.7 Å². The summed E-state index contributed by atoms with van der Waals surface area (Å²) in [6, 6.07) is 4.77. The molecule has 0 aliphatic rings. The van der Waals surface area contributed by atoms with Crippen LogP contribution in [-0.4, -0.2) is 18.1 Å². The molecule has 2 N–H and O–H groups in total. The van der Waals surface area contributed by atoms with Crippen LogP contribution in [0.5, 0.6) is 5.75 Å². The van der Waals surface area contributed by atoms with Crippen LogP contribution in [0.1, 0.15) is 0 Å². The fourth-order valence-corrected chi connectivity index (χ4v) is 1.80. The fraction of sp³-hybridized carbons (Fsp3) is 0. The van der Waals surface area contributed by atoms with Gasteiger partial charge in [-0.3, -0.25) is 4.55 Å². The molecule has 7 heteroatoms. The molecule has 84 valence electrons. The summed E-state index contributed by atoms with van der Waals surface area (Å²) < 4.78 is 35.0. The molecule has 2 aromatic rings. The molecule has 0 fully saturated rings. The largest absolute Gasteiger partial charge is 0.508 e. The maximum absolute atomic E-state index is 11.2. The monoisotopic (exact) mass is 242 g/mol. The smallest absolute Gasteiger partial charge is 0.357 e. The van der Waals surface area contributed by atoms with E-state index in [1.807, 2.05) is 0 Å². The highest BCUT2D eigenvalue weighted by Gasteiger charge is 2.17. The Hall–Kier alpha value is -1.86. The first-order chi connectivity index (χ1) is 7.38. The molecule has 0 aliphatic heterocycles. The van der Waals surface area contributed by atoms with E-state index in [4.69, 9.17) is 9.66 Å². The molecule has 1 heterocycles. The molecule has 2 rings (SSSR count). The van der Waals surface area contributed by atoms with E-state index in [0.29, 0.717) is 0 Å². The van der Waals surface area contributed by atoms with Crippen LogP contribution in [0.25, 0.3) is 11.0 Å². The van der Waals surface area contributed by atoms with Crippen molar-refractivity contribution in [3.05, 3.63) is 34.7 Å². The summed E-state index contributed by atoms with van der Waals surface area (Å²) in [5.41, 5.74) is -1.03. The molecule has 0 saturated heterocycles. The van der Waals surface area contributed by atoms with E-state index in [-0.39, 0.29) is 16.7 Å². The standard InChI is InChI=1S/C9H6O6S/c10-6-1-2-7-5(3-6)4-8(9(11)15-7)16(12,13)14/h1-4,10H,(H,12,13,14). The van der Waals surface area contributed by atoms with Gasteiger partial charge in [-0.25, -0.2) is 4.79 Å². The van der Waals surface area contributed by atoms with Crippen molar-refractivity contribution in [1.82, 2.24) is 0 Å². The number of hydrogen-bond donors (Lipinski definition) is 2. The van der Waals surface area contributed by atoms with Gasteiger partial charge in [0.2, 0.25) is 0 Å². The molecule has 0 unspecified atom stereocenters. The summed E-state index contributed by atoms with van der Waals surface area (Å²) in [4.78, 5) is 10.3. The van der Waals surface area contributed by atoms with Crippen LogP contribution in [0.2, 0.25) is 0 Å². The first-order valence-corrected chi connectivity index (χ1v) is 5.56. The van der Waals surface area contributed by atoms with E-state index >= 15 is 0 Å². The Morgan fingerprint density at radius 3 is 2.50 bits per heavy atom. The average molecular weight is 242 g/mol. The Bertz CT molecular complexity index is 712. The predicted octanol–water partition coefficient (Wildman–Crippen LogP) is 0.745. The highest BCUT2D eigenvalue weighted by molar-refractivity contribution is 7.85. The van der Waals surface area contributed by atoms with Gasteiger partial charge in [-0.2, -0.15) is 8.42 Å². The van der Waals surface area contributed by atoms with Crippen LogP contribution in [0, 0.1) is 0 Å². The molecular weight excluding hydrogens is 236 g/mol. The number of aromatic hydroxyl groups is 1. The zero-order valence-corrected chi connectivity index (χ0v) is 8.56. The third-order valence-electron chi connectivity index (χ3n) is 1.96. The second-order valence-corrected chi connectivity index (χ2v) is 4.49. The molecule has 0 spiro atoms. The number of benzene rings is 1. The maximum atomic E-state index is 11.2. The first kappa shape index (κ1) is 10.7. The van der Waals surface area contributed by atoms with E-state index in [1.165, 1.54) is 18.2 Å². The van der Waals surface area contributed by atoms with Gasteiger partial charge in [0.25, 0.3) is 0 Å². The van der Waals surface area contributed by atoms with E-state index in [2.05, 4.69) is 4.42 Å². The van der Waals surface area contributed by atoms with Gasteiger partial charge in [0.05, 0.1) is 0 Å². The average Bonchev–Trinajstić information content (AvgIpc) is 2.16.